The number of carbonyl (C=O) groups is 2. The Morgan fingerprint density at radius 2 is 1.68 bits per heavy atom. The van der Waals surface area contributed by atoms with E-state index < -0.39 is 0 Å². The van der Waals surface area contributed by atoms with Crippen LogP contribution < -0.4 is 4.74 Å². The van der Waals surface area contributed by atoms with Crippen LogP contribution in [0.1, 0.15) is 31.8 Å². The molecule has 0 saturated heterocycles. The summed E-state index contributed by atoms with van der Waals surface area (Å²) in [6, 6.07) is 10.4. The second-order valence-corrected chi connectivity index (χ2v) is 5.56. The highest BCUT2D eigenvalue weighted by molar-refractivity contribution is 6.31. The number of halogens is 1. The molecule has 112 valence electrons. The van der Waals surface area contributed by atoms with Gasteiger partial charge in [0.25, 0.3) is 11.8 Å². The van der Waals surface area contributed by atoms with Gasteiger partial charge in [-0.1, -0.05) is 23.7 Å². The van der Waals surface area contributed by atoms with Crippen LogP contribution >= 0.6 is 11.6 Å². The fraction of sp³-hybridized carbons (Fsp3) is 0.176. The zero-order chi connectivity index (χ0) is 15.9. The van der Waals surface area contributed by atoms with Gasteiger partial charge in [0.05, 0.1) is 24.8 Å². The zero-order valence-electron chi connectivity index (χ0n) is 12.2. The van der Waals surface area contributed by atoms with Crippen LogP contribution in [0.5, 0.6) is 5.75 Å². The Labute approximate surface area is 133 Å². The van der Waals surface area contributed by atoms with E-state index in [0.29, 0.717) is 21.9 Å². The summed E-state index contributed by atoms with van der Waals surface area (Å²) in [7, 11) is 1.57. The highest BCUT2D eigenvalue weighted by atomic mass is 35.5. The van der Waals surface area contributed by atoms with Gasteiger partial charge in [0, 0.05) is 5.02 Å². The minimum atomic E-state index is -0.287. The minimum Gasteiger partial charge on any atom is -0.496 e. The number of imide groups is 1. The van der Waals surface area contributed by atoms with E-state index in [1.54, 1.807) is 37.4 Å². The largest absolute Gasteiger partial charge is 0.496 e. The number of rotatable bonds is 3. The van der Waals surface area contributed by atoms with Gasteiger partial charge in [0.15, 0.2) is 0 Å². The molecule has 0 bridgehead atoms. The Hall–Kier alpha value is -2.33. The van der Waals surface area contributed by atoms with Crippen molar-refractivity contribution >= 4 is 23.4 Å². The first kappa shape index (κ1) is 14.6. The molecular weight excluding hydrogens is 302 g/mol. The number of ether oxygens (including phenoxy) is 1. The maximum absolute atomic E-state index is 12.4. The maximum atomic E-state index is 12.4. The molecule has 5 heteroatoms. The molecule has 0 N–H and O–H groups in total. The monoisotopic (exact) mass is 315 g/mol. The molecule has 22 heavy (non-hydrogen) atoms. The summed E-state index contributed by atoms with van der Waals surface area (Å²) in [5, 5.41) is 0.471. The predicted molar refractivity (Wildman–Crippen MR) is 83.4 cm³/mol. The van der Waals surface area contributed by atoms with Gasteiger partial charge in [0.1, 0.15) is 5.75 Å². The molecule has 0 saturated carbocycles. The SMILES string of the molecule is COc1cc(Cl)c(CN2C(=O)c3ccccc3C2=O)cc1C. The molecule has 0 unspecified atom stereocenters. The molecule has 1 aliphatic rings. The molecule has 0 fully saturated rings. The Balaban J connectivity index is 1.94. The third kappa shape index (κ3) is 2.25. The first-order chi connectivity index (χ1) is 10.5. The molecule has 3 rings (SSSR count). The molecule has 2 amide bonds. The Morgan fingerprint density at radius 1 is 1.09 bits per heavy atom. The van der Waals surface area contributed by atoms with E-state index in [4.69, 9.17) is 16.3 Å². The quantitative estimate of drug-likeness (QED) is 0.815. The maximum Gasteiger partial charge on any atom is 0.261 e. The van der Waals surface area contributed by atoms with Gasteiger partial charge in [-0.25, -0.2) is 0 Å². The first-order valence-corrected chi connectivity index (χ1v) is 7.19. The number of hydrogen-bond donors (Lipinski definition) is 0. The van der Waals surface area contributed by atoms with Crippen LogP contribution in [0.15, 0.2) is 36.4 Å². The summed E-state index contributed by atoms with van der Waals surface area (Å²) >= 11 is 6.24. The Morgan fingerprint density at radius 3 is 2.23 bits per heavy atom. The number of fused-ring (bicyclic) bond motifs is 1. The summed E-state index contributed by atoms with van der Waals surface area (Å²) in [5.74, 6) is 0.103. The number of nitrogens with zero attached hydrogens (tertiary/aromatic N) is 1. The van der Waals surface area contributed by atoms with Gasteiger partial charge in [-0.2, -0.15) is 0 Å². The second kappa shape index (κ2) is 5.46. The van der Waals surface area contributed by atoms with Crippen LogP contribution in [-0.4, -0.2) is 23.8 Å². The lowest BCUT2D eigenvalue weighted by Crippen LogP contribution is -2.29. The van der Waals surface area contributed by atoms with Gasteiger partial charge >= 0.3 is 0 Å². The molecule has 0 radical (unpaired) electrons. The first-order valence-electron chi connectivity index (χ1n) is 6.81. The highest BCUT2D eigenvalue weighted by Gasteiger charge is 2.35. The van der Waals surface area contributed by atoms with E-state index in [2.05, 4.69) is 0 Å². The van der Waals surface area contributed by atoms with Crippen LogP contribution in [-0.2, 0) is 6.54 Å². The number of carbonyl (C=O) groups excluding carboxylic acids is 2. The van der Waals surface area contributed by atoms with Crippen molar-refractivity contribution in [1.82, 2.24) is 4.90 Å². The molecule has 0 aliphatic carbocycles. The van der Waals surface area contributed by atoms with Crippen molar-refractivity contribution < 1.29 is 14.3 Å². The van der Waals surface area contributed by atoms with Gasteiger partial charge in [0.2, 0.25) is 0 Å². The average molecular weight is 316 g/mol. The normalized spacial score (nSPS) is 13.5. The lowest BCUT2D eigenvalue weighted by Gasteiger charge is -2.16. The van der Waals surface area contributed by atoms with E-state index in [9.17, 15) is 9.59 Å². The molecule has 0 aromatic heterocycles. The molecular formula is C17H14ClNO3. The molecule has 4 nitrogen and oxygen atoms in total. The van der Waals surface area contributed by atoms with Gasteiger partial charge in [-0.05, 0) is 42.3 Å². The average Bonchev–Trinajstić information content (AvgIpc) is 2.76. The molecule has 2 aromatic carbocycles. The van der Waals surface area contributed by atoms with Crippen LogP contribution in [0.25, 0.3) is 0 Å². The summed E-state index contributed by atoms with van der Waals surface area (Å²) in [5.41, 5.74) is 2.50. The summed E-state index contributed by atoms with van der Waals surface area (Å²) in [4.78, 5) is 26.0. The van der Waals surface area contributed by atoms with Crippen molar-refractivity contribution in [3.05, 3.63) is 63.7 Å². The van der Waals surface area contributed by atoms with E-state index in [0.717, 1.165) is 11.1 Å². The molecule has 1 aliphatic heterocycles. The third-order valence-electron chi connectivity index (χ3n) is 3.77. The van der Waals surface area contributed by atoms with Crippen LogP contribution in [0.4, 0.5) is 0 Å². The lowest BCUT2D eigenvalue weighted by atomic mass is 10.1. The standard InChI is InChI=1S/C17H14ClNO3/c1-10-7-11(14(18)8-15(10)22-2)9-19-16(20)12-5-3-4-6-13(12)17(19)21/h3-8H,9H2,1-2H3. The van der Waals surface area contributed by atoms with Crippen LogP contribution in [0.2, 0.25) is 5.02 Å². The summed E-state index contributed by atoms with van der Waals surface area (Å²) in [6.07, 6.45) is 0. The Bertz CT molecular complexity index is 750. The molecule has 0 atom stereocenters. The second-order valence-electron chi connectivity index (χ2n) is 5.16. The summed E-state index contributed by atoms with van der Waals surface area (Å²) < 4.78 is 5.21. The fourth-order valence-electron chi connectivity index (χ4n) is 2.62. The number of amides is 2. The van der Waals surface area contributed by atoms with Crippen molar-refractivity contribution in [1.29, 1.82) is 0 Å². The van der Waals surface area contributed by atoms with Crippen molar-refractivity contribution in [3.8, 4) is 5.75 Å². The fourth-order valence-corrected chi connectivity index (χ4v) is 2.83. The van der Waals surface area contributed by atoms with Gasteiger partial charge in [-0.3, -0.25) is 14.5 Å². The summed E-state index contributed by atoms with van der Waals surface area (Å²) in [6.45, 7) is 2.04. The topological polar surface area (TPSA) is 46.6 Å². The van der Waals surface area contributed by atoms with Crippen LogP contribution in [0.3, 0.4) is 0 Å². The van der Waals surface area contributed by atoms with Crippen molar-refractivity contribution in [2.24, 2.45) is 0 Å². The molecule has 2 aromatic rings. The molecule has 0 spiro atoms. The lowest BCUT2D eigenvalue weighted by molar-refractivity contribution is 0.0642. The van der Waals surface area contributed by atoms with Crippen molar-refractivity contribution in [2.75, 3.05) is 7.11 Å². The van der Waals surface area contributed by atoms with Gasteiger partial charge < -0.3 is 4.74 Å². The number of benzene rings is 2. The van der Waals surface area contributed by atoms with Gasteiger partial charge in [-0.15, -0.1) is 0 Å². The van der Waals surface area contributed by atoms with Crippen molar-refractivity contribution in [3.63, 3.8) is 0 Å². The Kier molecular flexibility index (Phi) is 3.62. The van der Waals surface area contributed by atoms with E-state index >= 15 is 0 Å². The molecule has 1 heterocycles. The number of aryl methyl sites for hydroxylation is 1. The predicted octanol–water partition coefficient (Wildman–Crippen LogP) is 3.45. The number of methoxy groups -OCH3 is 1. The van der Waals surface area contributed by atoms with Crippen molar-refractivity contribution in [2.45, 2.75) is 13.5 Å². The highest BCUT2D eigenvalue weighted by Crippen LogP contribution is 2.30. The minimum absolute atomic E-state index is 0.149. The van der Waals surface area contributed by atoms with Crippen LogP contribution in [0, 0.1) is 6.92 Å². The smallest absolute Gasteiger partial charge is 0.261 e. The van der Waals surface area contributed by atoms with E-state index in [1.165, 1.54) is 4.90 Å². The van der Waals surface area contributed by atoms with E-state index in [1.807, 2.05) is 13.0 Å². The number of hydrogen-bond acceptors (Lipinski definition) is 3. The third-order valence-corrected chi connectivity index (χ3v) is 4.12. The van der Waals surface area contributed by atoms with E-state index in [-0.39, 0.29) is 18.4 Å². The zero-order valence-corrected chi connectivity index (χ0v) is 13.0.